The molecule has 1 aromatic heterocycles. The van der Waals surface area contributed by atoms with Crippen molar-refractivity contribution in [2.45, 2.75) is 53.9 Å². The quantitative estimate of drug-likeness (QED) is 0.647. The fraction of sp³-hybridized carbons (Fsp3) is 0.583. The Morgan fingerprint density at radius 2 is 1.90 bits per heavy atom. The number of aryl methyl sites for hydroxylation is 1. The van der Waals surface area contributed by atoms with Crippen molar-refractivity contribution in [2.24, 2.45) is 17.3 Å². The van der Waals surface area contributed by atoms with Gasteiger partial charge >= 0.3 is 0 Å². The summed E-state index contributed by atoms with van der Waals surface area (Å²) in [5.41, 5.74) is 3.59. The third-order valence-corrected chi connectivity index (χ3v) is 7.05. The van der Waals surface area contributed by atoms with Crippen molar-refractivity contribution >= 4 is 22.4 Å². The highest BCUT2D eigenvalue weighted by Crippen LogP contribution is 2.29. The number of hydrogen-bond donors (Lipinski definition) is 1. The first-order valence-electron chi connectivity index (χ1n) is 10.8. The van der Waals surface area contributed by atoms with Gasteiger partial charge in [0, 0.05) is 23.9 Å². The van der Waals surface area contributed by atoms with Gasteiger partial charge in [0.15, 0.2) is 5.13 Å². The van der Waals surface area contributed by atoms with Crippen LogP contribution >= 0.6 is 11.3 Å². The molecule has 0 bridgehead atoms. The topological polar surface area (TPSA) is 45.2 Å². The summed E-state index contributed by atoms with van der Waals surface area (Å²) in [6, 6.07) is 8.32. The molecule has 0 radical (unpaired) electrons. The van der Waals surface area contributed by atoms with Gasteiger partial charge in [-0.2, -0.15) is 0 Å². The molecule has 5 heteroatoms. The molecule has 2 aromatic rings. The minimum atomic E-state index is 0.0938. The summed E-state index contributed by atoms with van der Waals surface area (Å²) in [7, 11) is 0. The van der Waals surface area contributed by atoms with Gasteiger partial charge in [-0.25, -0.2) is 4.98 Å². The van der Waals surface area contributed by atoms with Crippen LogP contribution in [0.5, 0.6) is 0 Å². The molecular weight excluding hydrogens is 378 g/mol. The van der Waals surface area contributed by atoms with E-state index in [2.05, 4.69) is 74.1 Å². The number of carbonyl (C=O) groups is 1. The van der Waals surface area contributed by atoms with Crippen LogP contribution in [0.3, 0.4) is 0 Å². The van der Waals surface area contributed by atoms with E-state index in [4.69, 9.17) is 0 Å². The number of likely N-dealkylation sites (tertiary alicyclic amines) is 1. The first kappa shape index (κ1) is 22.0. The summed E-state index contributed by atoms with van der Waals surface area (Å²) >= 11 is 1.50. The van der Waals surface area contributed by atoms with Crippen LogP contribution in [0.15, 0.2) is 29.6 Å². The average molecular weight is 414 g/mol. The second-order valence-electron chi connectivity index (χ2n) is 9.67. The molecule has 3 rings (SSSR count). The SMILES string of the molecule is Cc1ccc(-c2csc(NC(=O)CC3CCN(CC(C)C(C)(C)C)CC3)n2)cc1. The third-order valence-electron chi connectivity index (χ3n) is 6.29. The highest BCUT2D eigenvalue weighted by atomic mass is 32.1. The third kappa shape index (κ3) is 6.38. The number of thiazole rings is 1. The number of carbonyl (C=O) groups excluding carboxylic acids is 1. The fourth-order valence-electron chi connectivity index (χ4n) is 3.65. The second kappa shape index (κ2) is 9.40. The number of amides is 1. The van der Waals surface area contributed by atoms with E-state index in [-0.39, 0.29) is 5.91 Å². The zero-order valence-corrected chi connectivity index (χ0v) is 19.3. The minimum absolute atomic E-state index is 0.0938. The molecule has 29 heavy (non-hydrogen) atoms. The number of benzene rings is 1. The van der Waals surface area contributed by atoms with Crippen LogP contribution in [0.1, 0.15) is 52.5 Å². The van der Waals surface area contributed by atoms with Gasteiger partial charge in [-0.3, -0.25) is 4.79 Å². The van der Waals surface area contributed by atoms with Crippen LogP contribution in [-0.2, 0) is 4.79 Å². The highest BCUT2D eigenvalue weighted by molar-refractivity contribution is 7.14. The second-order valence-corrected chi connectivity index (χ2v) is 10.5. The zero-order chi connectivity index (χ0) is 21.0. The van der Waals surface area contributed by atoms with Crippen LogP contribution in [0.4, 0.5) is 5.13 Å². The molecule has 4 nitrogen and oxygen atoms in total. The van der Waals surface area contributed by atoms with Crippen LogP contribution in [0.25, 0.3) is 11.3 Å². The van der Waals surface area contributed by atoms with Gasteiger partial charge < -0.3 is 10.2 Å². The normalized spacial score (nSPS) is 17.3. The van der Waals surface area contributed by atoms with Crippen molar-refractivity contribution in [3.05, 3.63) is 35.2 Å². The number of nitrogens with zero attached hydrogens (tertiary/aromatic N) is 2. The Kier molecular flexibility index (Phi) is 7.12. The Morgan fingerprint density at radius 3 is 2.52 bits per heavy atom. The summed E-state index contributed by atoms with van der Waals surface area (Å²) in [5.74, 6) is 1.25. The van der Waals surface area contributed by atoms with Crippen molar-refractivity contribution in [3.8, 4) is 11.3 Å². The lowest BCUT2D eigenvalue weighted by Crippen LogP contribution is -2.40. The standard InChI is InChI=1S/C24H35N3OS/c1-17-6-8-20(9-7-17)21-16-29-23(25-21)26-22(28)14-19-10-12-27(13-11-19)15-18(2)24(3,4)5/h6-9,16,18-19H,10-15H2,1-5H3,(H,25,26,28). The number of anilines is 1. The molecule has 1 amide bonds. The molecule has 0 spiro atoms. The predicted molar refractivity (Wildman–Crippen MR) is 123 cm³/mol. The van der Waals surface area contributed by atoms with E-state index in [9.17, 15) is 4.79 Å². The van der Waals surface area contributed by atoms with E-state index in [0.29, 0.717) is 28.8 Å². The number of aromatic nitrogens is 1. The molecule has 1 N–H and O–H groups in total. The molecular formula is C24H35N3OS. The average Bonchev–Trinajstić information content (AvgIpc) is 3.11. The van der Waals surface area contributed by atoms with Gasteiger partial charge in [-0.15, -0.1) is 11.3 Å². The smallest absolute Gasteiger partial charge is 0.226 e. The summed E-state index contributed by atoms with van der Waals surface area (Å²) < 4.78 is 0. The van der Waals surface area contributed by atoms with E-state index >= 15 is 0 Å². The van der Waals surface area contributed by atoms with Crippen LogP contribution in [-0.4, -0.2) is 35.4 Å². The molecule has 2 heterocycles. The largest absolute Gasteiger partial charge is 0.303 e. The van der Waals surface area contributed by atoms with E-state index in [1.807, 2.05) is 5.38 Å². The molecule has 1 aromatic carbocycles. The summed E-state index contributed by atoms with van der Waals surface area (Å²) in [5, 5.41) is 5.71. The molecule has 158 valence electrons. The lowest BCUT2D eigenvalue weighted by atomic mass is 9.81. The molecule has 1 unspecified atom stereocenters. The van der Waals surface area contributed by atoms with E-state index in [0.717, 1.165) is 43.7 Å². The molecule has 0 saturated carbocycles. The molecule has 1 aliphatic rings. The highest BCUT2D eigenvalue weighted by Gasteiger charge is 2.26. The summed E-state index contributed by atoms with van der Waals surface area (Å²) in [4.78, 5) is 19.7. The Hall–Kier alpha value is -1.72. The predicted octanol–water partition coefficient (Wildman–Crippen LogP) is 5.84. The monoisotopic (exact) mass is 413 g/mol. The maximum Gasteiger partial charge on any atom is 0.226 e. The number of rotatable bonds is 6. The molecule has 0 aliphatic carbocycles. The summed E-state index contributed by atoms with van der Waals surface area (Å²) in [6.07, 6.45) is 2.82. The number of hydrogen-bond acceptors (Lipinski definition) is 4. The fourth-order valence-corrected chi connectivity index (χ4v) is 4.39. The van der Waals surface area contributed by atoms with Gasteiger partial charge in [0.05, 0.1) is 5.69 Å². The maximum atomic E-state index is 12.5. The maximum absolute atomic E-state index is 12.5. The Morgan fingerprint density at radius 1 is 1.24 bits per heavy atom. The van der Waals surface area contributed by atoms with Crippen LogP contribution < -0.4 is 5.32 Å². The van der Waals surface area contributed by atoms with Gasteiger partial charge in [-0.1, -0.05) is 57.5 Å². The van der Waals surface area contributed by atoms with Gasteiger partial charge in [-0.05, 0) is 50.1 Å². The zero-order valence-electron chi connectivity index (χ0n) is 18.5. The van der Waals surface area contributed by atoms with Gasteiger partial charge in [0.25, 0.3) is 0 Å². The Bertz CT molecular complexity index is 798. The van der Waals surface area contributed by atoms with Crippen molar-refractivity contribution in [1.82, 2.24) is 9.88 Å². The van der Waals surface area contributed by atoms with Crippen molar-refractivity contribution in [3.63, 3.8) is 0 Å². The Labute approximate surface area is 179 Å². The minimum Gasteiger partial charge on any atom is -0.303 e. The molecule has 1 fully saturated rings. The van der Waals surface area contributed by atoms with Crippen molar-refractivity contribution in [1.29, 1.82) is 0 Å². The number of piperidine rings is 1. The summed E-state index contributed by atoms with van der Waals surface area (Å²) in [6.45, 7) is 14.7. The number of nitrogens with one attached hydrogen (secondary N) is 1. The molecule has 1 saturated heterocycles. The Balaban J connectivity index is 1.44. The van der Waals surface area contributed by atoms with Crippen LogP contribution in [0, 0.1) is 24.2 Å². The van der Waals surface area contributed by atoms with Gasteiger partial charge in [0.1, 0.15) is 0 Å². The van der Waals surface area contributed by atoms with Crippen molar-refractivity contribution in [2.75, 3.05) is 25.0 Å². The van der Waals surface area contributed by atoms with Gasteiger partial charge in [0.2, 0.25) is 5.91 Å². The lowest BCUT2D eigenvalue weighted by Gasteiger charge is -2.37. The van der Waals surface area contributed by atoms with Crippen molar-refractivity contribution < 1.29 is 4.79 Å². The van der Waals surface area contributed by atoms with E-state index < -0.39 is 0 Å². The molecule has 1 aliphatic heterocycles. The lowest BCUT2D eigenvalue weighted by molar-refractivity contribution is -0.117. The van der Waals surface area contributed by atoms with E-state index in [1.54, 1.807) is 0 Å². The van der Waals surface area contributed by atoms with E-state index in [1.165, 1.54) is 16.9 Å². The van der Waals surface area contributed by atoms with Crippen LogP contribution in [0.2, 0.25) is 0 Å². The molecule has 1 atom stereocenters. The first-order valence-corrected chi connectivity index (χ1v) is 11.6. The first-order chi connectivity index (χ1) is 13.7.